The van der Waals surface area contributed by atoms with E-state index in [1.165, 1.54) is 11.1 Å². The lowest BCUT2D eigenvalue weighted by Crippen LogP contribution is -2.11. The van der Waals surface area contributed by atoms with Crippen LogP contribution in [0.4, 0.5) is 0 Å². The third-order valence-electron chi connectivity index (χ3n) is 2.42. The summed E-state index contributed by atoms with van der Waals surface area (Å²) >= 11 is 0. The van der Waals surface area contributed by atoms with Crippen LogP contribution in [0.15, 0.2) is 23.4 Å². The molecule has 0 aromatic heterocycles. The first-order valence-electron chi connectivity index (χ1n) is 5.79. The van der Waals surface area contributed by atoms with Gasteiger partial charge in [0, 0.05) is 6.42 Å². The summed E-state index contributed by atoms with van der Waals surface area (Å²) in [5, 5.41) is 11.3. The van der Waals surface area contributed by atoms with Gasteiger partial charge < -0.3 is 15.7 Å². The molecule has 1 aromatic rings. The second-order valence-electron chi connectivity index (χ2n) is 4.22. The summed E-state index contributed by atoms with van der Waals surface area (Å²) in [5.41, 5.74) is 7.78. The molecule has 0 spiro atoms. The minimum absolute atomic E-state index is 0.274. The normalized spacial score (nSPS) is 11.5. The van der Waals surface area contributed by atoms with Crippen molar-refractivity contribution in [1.29, 1.82) is 0 Å². The van der Waals surface area contributed by atoms with Crippen LogP contribution in [0.3, 0.4) is 0 Å². The zero-order valence-corrected chi connectivity index (χ0v) is 10.4. The number of unbranched alkanes of at least 4 members (excludes halogenated alkanes) is 1. The van der Waals surface area contributed by atoms with Crippen LogP contribution in [0.1, 0.15) is 30.4 Å². The summed E-state index contributed by atoms with van der Waals surface area (Å²) in [6, 6.07) is 6.17. The van der Waals surface area contributed by atoms with E-state index < -0.39 is 0 Å². The first-order valence-corrected chi connectivity index (χ1v) is 5.79. The van der Waals surface area contributed by atoms with Gasteiger partial charge in [-0.2, -0.15) is 0 Å². The van der Waals surface area contributed by atoms with E-state index in [2.05, 4.69) is 25.1 Å². The molecule has 0 aliphatic carbocycles. The molecule has 4 nitrogen and oxygen atoms in total. The molecule has 0 unspecified atom stereocenters. The van der Waals surface area contributed by atoms with Gasteiger partial charge in [0.25, 0.3) is 0 Å². The fourth-order valence-corrected chi connectivity index (χ4v) is 1.66. The van der Waals surface area contributed by atoms with Crippen molar-refractivity contribution in [3.63, 3.8) is 0 Å². The maximum Gasteiger partial charge on any atom is 0.139 e. The Morgan fingerprint density at radius 1 is 1.24 bits per heavy atom. The van der Waals surface area contributed by atoms with Crippen molar-refractivity contribution >= 4 is 5.84 Å². The molecular weight excluding hydrogens is 216 g/mol. The van der Waals surface area contributed by atoms with Gasteiger partial charge in [0.15, 0.2) is 0 Å². The number of nitrogens with two attached hydrogens (primary N) is 1. The predicted molar refractivity (Wildman–Crippen MR) is 68.7 cm³/mol. The van der Waals surface area contributed by atoms with E-state index in [9.17, 15) is 0 Å². The number of benzene rings is 1. The average molecular weight is 236 g/mol. The number of hydrogen-bond donors (Lipinski definition) is 2. The third kappa shape index (κ3) is 5.24. The Morgan fingerprint density at radius 2 is 1.88 bits per heavy atom. The van der Waals surface area contributed by atoms with Crippen LogP contribution < -0.4 is 10.5 Å². The molecule has 0 atom stereocenters. The second kappa shape index (κ2) is 6.78. The predicted octanol–water partition coefficient (Wildman–Crippen LogP) is 2.60. The van der Waals surface area contributed by atoms with Gasteiger partial charge in [0.2, 0.25) is 0 Å². The highest BCUT2D eigenvalue weighted by Gasteiger charge is 1.98. The zero-order valence-electron chi connectivity index (χ0n) is 10.4. The Hall–Kier alpha value is -1.71. The fraction of sp³-hybridized carbons (Fsp3) is 0.462. The quantitative estimate of drug-likeness (QED) is 0.262. The molecule has 0 heterocycles. The number of ether oxygens (including phenoxy) is 1. The van der Waals surface area contributed by atoms with E-state index in [1.807, 2.05) is 12.1 Å². The van der Waals surface area contributed by atoms with Gasteiger partial charge in [-0.3, -0.25) is 0 Å². The maximum absolute atomic E-state index is 8.36. The van der Waals surface area contributed by atoms with Crippen molar-refractivity contribution in [2.75, 3.05) is 6.61 Å². The lowest BCUT2D eigenvalue weighted by Gasteiger charge is -2.07. The molecule has 0 aliphatic rings. The van der Waals surface area contributed by atoms with Gasteiger partial charge in [-0.1, -0.05) is 11.2 Å². The van der Waals surface area contributed by atoms with Crippen molar-refractivity contribution in [2.24, 2.45) is 10.9 Å². The van der Waals surface area contributed by atoms with Crippen LogP contribution >= 0.6 is 0 Å². The number of aryl methyl sites for hydroxylation is 2. The van der Waals surface area contributed by atoms with Crippen molar-refractivity contribution in [1.82, 2.24) is 0 Å². The van der Waals surface area contributed by atoms with Gasteiger partial charge >= 0.3 is 0 Å². The van der Waals surface area contributed by atoms with Crippen molar-refractivity contribution in [2.45, 2.75) is 33.1 Å². The van der Waals surface area contributed by atoms with Gasteiger partial charge in [0.05, 0.1) is 6.61 Å². The third-order valence-corrected chi connectivity index (χ3v) is 2.42. The molecule has 3 N–H and O–H groups in total. The second-order valence-corrected chi connectivity index (χ2v) is 4.22. The molecule has 1 rings (SSSR count). The molecule has 0 radical (unpaired) electrons. The van der Waals surface area contributed by atoms with Gasteiger partial charge in [0.1, 0.15) is 11.6 Å². The molecule has 0 aliphatic heterocycles. The molecule has 94 valence electrons. The van der Waals surface area contributed by atoms with E-state index in [0.29, 0.717) is 13.0 Å². The smallest absolute Gasteiger partial charge is 0.139 e. The SMILES string of the molecule is Cc1cc(C)cc(OCCCCC(N)=NO)c1. The molecule has 17 heavy (non-hydrogen) atoms. The van der Waals surface area contributed by atoms with E-state index in [4.69, 9.17) is 15.7 Å². The van der Waals surface area contributed by atoms with Crippen LogP contribution in [0, 0.1) is 13.8 Å². The summed E-state index contributed by atoms with van der Waals surface area (Å²) in [6.45, 7) is 4.76. The summed E-state index contributed by atoms with van der Waals surface area (Å²) in [6.07, 6.45) is 2.36. The van der Waals surface area contributed by atoms with Crippen LogP contribution in [-0.4, -0.2) is 17.6 Å². The van der Waals surface area contributed by atoms with E-state index in [1.54, 1.807) is 0 Å². The lowest BCUT2D eigenvalue weighted by molar-refractivity contribution is 0.304. The topological polar surface area (TPSA) is 67.8 Å². The molecule has 0 fully saturated rings. The zero-order chi connectivity index (χ0) is 12.7. The van der Waals surface area contributed by atoms with Crippen molar-refractivity contribution in [3.8, 4) is 5.75 Å². The molecular formula is C13H20N2O2. The Kier molecular flexibility index (Phi) is 5.33. The maximum atomic E-state index is 8.36. The number of hydrogen-bond acceptors (Lipinski definition) is 3. The molecule has 0 saturated heterocycles. The van der Waals surface area contributed by atoms with Crippen LogP contribution in [-0.2, 0) is 0 Å². The average Bonchev–Trinajstić information content (AvgIpc) is 2.27. The molecule has 0 saturated carbocycles. The number of nitrogens with zero attached hydrogens (tertiary/aromatic N) is 1. The highest BCUT2D eigenvalue weighted by molar-refractivity contribution is 5.79. The van der Waals surface area contributed by atoms with E-state index in [0.717, 1.165) is 18.6 Å². The van der Waals surface area contributed by atoms with E-state index >= 15 is 0 Å². The molecule has 1 aromatic carbocycles. The number of oxime groups is 1. The fourth-order valence-electron chi connectivity index (χ4n) is 1.66. The van der Waals surface area contributed by atoms with Crippen LogP contribution in [0.25, 0.3) is 0 Å². The van der Waals surface area contributed by atoms with Crippen molar-refractivity contribution in [3.05, 3.63) is 29.3 Å². The van der Waals surface area contributed by atoms with Gasteiger partial charge in [-0.05, 0) is 49.9 Å². The lowest BCUT2D eigenvalue weighted by atomic mass is 10.1. The minimum atomic E-state index is 0.274. The van der Waals surface area contributed by atoms with Gasteiger partial charge in [-0.15, -0.1) is 0 Å². The van der Waals surface area contributed by atoms with Crippen LogP contribution in [0.5, 0.6) is 5.75 Å². The molecule has 0 amide bonds. The highest BCUT2D eigenvalue weighted by atomic mass is 16.5. The minimum Gasteiger partial charge on any atom is -0.494 e. The first-order chi connectivity index (χ1) is 8.11. The largest absolute Gasteiger partial charge is 0.494 e. The summed E-state index contributed by atoms with van der Waals surface area (Å²) in [4.78, 5) is 0. The summed E-state index contributed by atoms with van der Waals surface area (Å²) in [5.74, 6) is 1.18. The monoisotopic (exact) mass is 236 g/mol. The summed E-state index contributed by atoms with van der Waals surface area (Å²) < 4.78 is 5.64. The standard InChI is InChI=1S/C13H20N2O2/c1-10-7-11(2)9-12(8-10)17-6-4-3-5-13(14)15-16/h7-9,16H,3-6H2,1-2H3,(H2,14,15). The molecule has 0 bridgehead atoms. The highest BCUT2D eigenvalue weighted by Crippen LogP contribution is 2.16. The van der Waals surface area contributed by atoms with Crippen LogP contribution in [0.2, 0.25) is 0 Å². The Morgan fingerprint density at radius 3 is 2.47 bits per heavy atom. The van der Waals surface area contributed by atoms with Gasteiger partial charge in [-0.25, -0.2) is 0 Å². The molecule has 4 heteroatoms. The Balaban J connectivity index is 2.26. The van der Waals surface area contributed by atoms with Crippen molar-refractivity contribution < 1.29 is 9.94 Å². The number of rotatable bonds is 6. The summed E-state index contributed by atoms with van der Waals surface area (Å²) in [7, 11) is 0. The Bertz CT molecular complexity index is 369. The number of amidine groups is 1. The Labute approximate surface area is 102 Å². The van der Waals surface area contributed by atoms with E-state index in [-0.39, 0.29) is 5.84 Å². The first kappa shape index (κ1) is 13.4.